The molecule has 0 bridgehead atoms. The van der Waals surface area contributed by atoms with E-state index in [0.29, 0.717) is 11.5 Å². The van der Waals surface area contributed by atoms with Crippen LogP contribution >= 0.6 is 0 Å². The Morgan fingerprint density at radius 3 is 2.80 bits per heavy atom. The van der Waals surface area contributed by atoms with Gasteiger partial charge in [-0.2, -0.15) is 5.10 Å². The molecule has 2 N–H and O–H groups in total. The monoisotopic (exact) mass is 336 g/mol. The van der Waals surface area contributed by atoms with Gasteiger partial charge in [-0.3, -0.25) is 14.3 Å². The van der Waals surface area contributed by atoms with Crippen molar-refractivity contribution in [1.29, 1.82) is 0 Å². The first-order valence-corrected chi connectivity index (χ1v) is 8.83. The highest BCUT2D eigenvalue weighted by molar-refractivity contribution is 5.96. The molecule has 2 aliphatic carbocycles. The molecular weight excluding hydrogens is 316 g/mol. The first-order valence-electron chi connectivity index (χ1n) is 8.83. The predicted molar refractivity (Wildman–Crippen MR) is 91.3 cm³/mol. The number of amides is 1. The molecule has 0 unspecified atom stereocenters. The number of H-pyrrole nitrogens is 1. The molecule has 7 heteroatoms. The van der Waals surface area contributed by atoms with Crippen LogP contribution < -0.4 is 5.32 Å². The molecule has 2 saturated carbocycles. The Hall–Kier alpha value is -2.70. The van der Waals surface area contributed by atoms with Gasteiger partial charge in [-0.25, -0.2) is 9.97 Å². The number of nitrogens with one attached hydrogen (secondary N) is 2. The molecule has 2 aliphatic rings. The predicted octanol–water partition coefficient (Wildman–Crippen LogP) is 2.45. The van der Waals surface area contributed by atoms with Gasteiger partial charge in [-0.15, -0.1) is 0 Å². The minimum absolute atomic E-state index is 0.0639. The van der Waals surface area contributed by atoms with E-state index in [1.165, 1.54) is 19.2 Å². The maximum absolute atomic E-state index is 13.0. The summed E-state index contributed by atoms with van der Waals surface area (Å²) in [6.07, 6.45) is 8.59. The summed E-state index contributed by atoms with van der Waals surface area (Å²) in [4.78, 5) is 21.9. The second kappa shape index (κ2) is 5.15. The minimum Gasteiger partial charge on any atom is -0.339 e. The van der Waals surface area contributed by atoms with Gasteiger partial charge >= 0.3 is 0 Å². The van der Waals surface area contributed by atoms with E-state index in [0.717, 1.165) is 42.1 Å². The fraction of sp³-hybridized carbons (Fsp3) is 0.444. The number of aryl methyl sites for hydroxylation is 1. The van der Waals surface area contributed by atoms with E-state index in [2.05, 4.69) is 29.9 Å². The van der Waals surface area contributed by atoms with Crippen LogP contribution in [0.1, 0.15) is 65.7 Å². The third kappa shape index (κ3) is 2.18. The van der Waals surface area contributed by atoms with Crippen LogP contribution in [0.4, 0.5) is 0 Å². The van der Waals surface area contributed by atoms with Gasteiger partial charge in [-0.1, -0.05) is 0 Å². The fourth-order valence-corrected chi connectivity index (χ4v) is 3.81. The van der Waals surface area contributed by atoms with Crippen LogP contribution in [0.3, 0.4) is 0 Å². The number of hydrogen-bond donors (Lipinski definition) is 2. The SMILES string of the molecule is Cc1c(C(=O)NC2(c3ncn[nH]3)CCC2)ccc2cnc(C3CC3)n12. The molecular formula is C18H20N6O. The smallest absolute Gasteiger partial charge is 0.253 e. The Morgan fingerprint density at radius 2 is 2.16 bits per heavy atom. The van der Waals surface area contributed by atoms with Crippen molar-refractivity contribution in [3.63, 3.8) is 0 Å². The zero-order valence-corrected chi connectivity index (χ0v) is 14.1. The standard InChI is InChI=1S/C18H20N6O/c1-11-14(6-5-13-9-19-15(24(11)13)12-3-4-12)16(25)22-18(7-2-8-18)17-20-10-21-23-17/h5-6,9-10,12H,2-4,7-8H2,1H3,(H,22,25)(H,20,21,23). The van der Waals surface area contributed by atoms with Crippen LogP contribution in [0.5, 0.6) is 0 Å². The molecule has 7 nitrogen and oxygen atoms in total. The van der Waals surface area contributed by atoms with Crippen molar-refractivity contribution >= 4 is 11.4 Å². The lowest BCUT2D eigenvalue weighted by atomic mass is 9.76. The molecule has 0 atom stereocenters. The number of rotatable bonds is 4. The zero-order chi connectivity index (χ0) is 17.0. The number of hydrogen-bond acceptors (Lipinski definition) is 4. The van der Waals surface area contributed by atoms with E-state index in [1.54, 1.807) is 0 Å². The van der Waals surface area contributed by atoms with Crippen molar-refractivity contribution in [2.75, 3.05) is 0 Å². The summed E-state index contributed by atoms with van der Waals surface area (Å²) in [5.41, 5.74) is 2.27. The quantitative estimate of drug-likeness (QED) is 0.766. The summed E-state index contributed by atoms with van der Waals surface area (Å²) in [5.74, 6) is 2.29. The molecule has 3 aromatic rings. The molecule has 5 rings (SSSR count). The Balaban J connectivity index is 1.51. The molecule has 3 aromatic heterocycles. The lowest BCUT2D eigenvalue weighted by Gasteiger charge is -2.40. The van der Waals surface area contributed by atoms with Crippen LogP contribution in [0, 0.1) is 6.92 Å². The second-order valence-electron chi connectivity index (χ2n) is 7.21. The van der Waals surface area contributed by atoms with Crippen LogP contribution in [-0.2, 0) is 5.54 Å². The average Bonchev–Trinajstić information content (AvgIpc) is 3.09. The Morgan fingerprint density at radius 1 is 1.32 bits per heavy atom. The molecule has 128 valence electrons. The van der Waals surface area contributed by atoms with Gasteiger partial charge in [-0.05, 0) is 51.2 Å². The minimum atomic E-state index is -0.413. The number of carbonyl (C=O) groups excluding carboxylic acids is 1. The molecule has 0 radical (unpaired) electrons. The Labute approximate surface area is 144 Å². The van der Waals surface area contributed by atoms with Gasteiger partial charge in [0.25, 0.3) is 5.91 Å². The number of carbonyl (C=O) groups is 1. The molecule has 0 spiro atoms. The van der Waals surface area contributed by atoms with Crippen molar-refractivity contribution in [3.8, 4) is 0 Å². The topological polar surface area (TPSA) is 88.0 Å². The van der Waals surface area contributed by atoms with Crippen LogP contribution in [0.2, 0.25) is 0 Å². The summed E-state index contributed by atoms with van der Waals surface area (Å²) in [6, 6.07) is 3.87. The van der Waals surface area contributed by atoms with Crippen molar-refractivity contribution in [2.24, 2.45) is 0 Å². The van der Waals surface area contributed by atoms with E-state index >= 15 is 0 Å². The van der Waals surface area contributed by atoms with Crippen LogP contribution in [0.25, 0.3) is 5.52 Å². The Bertz CT molecular complexity index is 950. The molecule has 1 amide bonds. The average molecular weight is 336 g/mol. The lowest BCUT2D eigenvalue weighted by molar-refractivity contribution is 0.0808. The van der Waals surface area contributed by atoms with Gasteiger partial charge < -0.3 is 5.32 Å². The van der Waals surface area contributed by atoms with Gasteiger partial charge in [0.2, 0.25) is 0 Å². The van der Waals surface area contributed by atoms with Crippen molar-refractivity contribution < 1.29 is 4.79 Å². The zero-order valence-electron chi connectivity index (χ0n) is 14.1. The summed E-state index contributed by atoms with van der Waals surface area (Å²) >= 11 is 0. The molecule has 2 fully saturated rings. The summed E-state index contributed by atoms with van der Waals surface area (Å²) in [7, 11) is 0. The highest BCUT2D eigenvalue weighted by Gasteiger charge is 2.43. The molecule has 0 aromatic carbocycles. The normalized spacial score (nSPS) is 18.9. The number of imidazole rings is 1. The van der Waals surface area contributed by atoms with Gasteiger partial charge in [0.1, 0.15) is 18.0 Å². The maximum Gasteiger partial charge on any atom is 0.253 e. The van der Waals surface area contributed by atoms with Gasteiger partial charge in [0.05, 0.1) is 22.8 Å². The lowest BCUT2D eigenvalue weighted by Crippen LogP contribution is -2.51. The van der Waals surface area contributed by atoms with E-state index in [4.69, 9.17) is 0 Å². The molecule has 25 heavy (non-hydrogen) atoms. The molecule has 0 saturated heterocycles. The third-order valence-corrected chi connectivity index (χ3v) is 5.58. The van der Waals surface area contributed by atoms with Crippen molar-refractivity contribution in [3.05, 3.63) is 47.6 Å². The highest BCUT2D eigenvalue weighted by Crippen LogP contribution is 2.41. The van der Waals surface area contributed by atoms with Crippen LogP contribution in [0.15, 0.2) is 24.7 Å². The highest BCUT2D eigenvalue weighted by atomic mass is 16.1. The largest absolute Gasteiger partial charge is 0.339 e. The van der Waals surface area contributed by atoms with Gasteiger partial charge in [0, 0.05) is 11.6 Å². The van der Waals surface area contributed by atoms with E-state index in [9.17, 15) is 4.79 Å². The molecule has 0 aliphatic heterocycles. The number of nitrogens with zero attached hydrogens (tertiary/aromatic N) is 4. The summed E-state index contributed by atoms with van der Waals surface area (Å²) < 4.78 is 2.13. The van der Waals surface area contributed by atoms with Crippen molar-refractivity contribution in [1.82, 2.24) is 29.9 Å². The number of pyridine rings is 1. The number of aromatic amines is 1. The van der Waals surface area contributed by atoms with Crippen LogP contribution in [-0.4, -0.2) is 30.5 Å². The second-order valence-corrected chi connectivity index (χ2v) is 7.21. The fourth-order valence-electron chi connectivity index (χ4n) is 3.81. The summed E-state index contributed by atoms with van der Waals surface area (Å²) in [6.45, 7) is 2.00. The molecule has 3 heterocycles. The van der Waals surface area contributed by atoms with Gasteiger partial charge in [0.15, 0.2) is 0 Å². The third-order valence-electron chi connectivity index (χ3n) is 5.58. The first-order chi connectivity index (χ1) is 12.2. The maximum atomic E-state index is 13.0. The Kier molecular flexibility index (Phi) is 3.01. The van der Waals surface area contributed by atoms with E-state index in [1.807, 2.05) is 25.3 Å². The van der Waals surface area contributed by atoms with Crippen molar-refractivity contribution in [2.45, 2.75) is 50.5 Å². The van der Waals surface area contributed by atoms with E-state index < -0.39 is 5.54 Å². The first kappa shape index (κ1) is 14.6. The summed E-state index contributed by atoms with van der Waals surface area (Å²) in [5, 5.41) is 10.1. The van der Waals surface area contributed by atoms with E-state index in [-0.39, 0.29) is 5.91 Å². The number of fused-ring (bicyclic) bond motifs is 1. The number of aromatic nitrogens is 5.